The van der Waals surface area contributed by atoms with Crippen LogP contribution >= 0.6 is 0 Å². The highest BCUT2D eigenvalue weighted by atomic mass is 16.6. The number of rotatable bonds is 20. The summed E-state index contributed by atoms with van der Waals surface area (Å²) >= 11 is 0. The van der Waals surface area contributed by atoms with E-state index in [1.165, 1.54) is 54.4 Å². The van der Waals surface area contributed by atoms with Gasteiger partial charge in [-0.2, -0.15) is 10.2 Å². The van der Waals surface area contributed by atoms with E-state index in [4.69, 9.17) is 18.9 Å². The number of nitrogens with one attached hydrogen (secondary N) is 2. The second-order valence-corrected chi connectivity index (χ2v) is 26.8. The standard InChI is InChI=1S/C68H94N10O14/c1-39(2)27-53-65(85)89-43(9)61(81)73(11)56(30-42(7)8)68(88)92-58(32-46-17-21-48(22-18-46)36-78-38-50(34-70-78)60(80)72-52-25-26-52)64(84)76(14)54(28-40(3)4)66(86)90-44(10)62(82)74(12)55(29-41(5)6)67(87)91-57(63(83)75(53)13)31-45-15-19-47(20-16-45)35-77-37-49(33-69-77)59(79)71-51-23-24-51/h15-22,33-34,37-44,51-58H,23-32,35-36H2,1-14H3,(H,71,79)(H,72,80)/t43-,44-,53+,54+,55+,56+,57-,58-/m1/s1. The van der Waals surface area contributed by atoms with Crippen molar-refractivity contribution >= 4 is 59.3 Å². The van der Waals surface area contributed by atoms with Crippen molar-refractivity contribution in [3.05, 3.63) is 107 Å². The molecule has 1 aliphatic heterocycles. The Morgan fingerprint density at radius 2 is 0.707 bits per heavy atom. The van der Waals surface area contributed by atoms with E-state index < -0.39 is 96.1 Å². The molecule has 3 fully saturated rings. The molecule has 0 spiro atoms. The first kappa shape index (κ1) is 71.0. The number of likely N-dealkylation sites (N-methyl/N-ethyl adjacent to an activating group) is 4. The van der Waals surface area contributed by atoms with E-state index in [2.05, 4.69) is 20.8 Å². The van der Waals surface area contributed by atoms with Gasteiger partial charge in [-0.25, -0.2) is 19.2 Å². The molecule has 6 amide bonds. The topological polar surface area (TPSA) is 280 Å². The number of esters is 4. The van der Waals surface area contributed by atoms with E-state index >= 15 is 9.59 Å². The van der Waals surface area contributed by atoms with Crippen molar-refractivity contribution in [1.82, 2.24) is 49.8 Å². The van der Waals surface area contributed by atoms with Gasteiger partial charge in [-0.1, -0.05) is 104 Å². The van der Waals surface area contributed by atoms with Crippen molar-refractivity contribution in [1.29, 1.82) is 0 Å². The number of cyclic esters (lactones) is 4. The lowest BCUT2D eigenvalue weighted by Crippen LogP contribution is -2.55. The Bertz CT molecular complexity index is 3030. The van der Waals surface area contributed by atoms with Crippen LogP contribution in [0.4, 0.5) is 0 Å². The number of hydrogen-bond donors (Lipinski definition) is 2. The lowest BCUT2D eigenvalue weighted by molar-refractivity contribution is -0.176. The molecule has 2 aromatic carbocycles. The van der Waals surface area contributed by atoms with Gasteiger partial charge in [0.25, 0.3) is 35.4 Å². The van der Waals surface area contributed by atoms with Crippen molar-refractivity contribution < 1.29 is 66.9 Å². The summed E-state index contributed by atoms with van der Waals surface area (Å²) in [4.78, 5) is 148. The fourth-order valence-corrected chi connectivity index (χ4v) is 11.0. The van der Waals surface area contributed by atoms with Crippen LogP contribution in [-0.2, 0) is 83.2 Å². The van der Waals surface area contributed by atoms with Crippen LogP contribution in [0.1, 0.15) is 164 Å². The van der Waals surface area contributed by atoms with E-state index in [-0.39, 0.29) is 86.1 Å². The highest BCUT2D eigenvalue weighted by Gasteiger charge is 2.43. The third-order valence-corrected chi connectivity index (χ3v) is 16.7. The molecule has 4 aromatic rings. The minimum atomic E-state index is -1.59. The number of aromatic nitrogens is 4. The molecule has 3 heterocycles. The molecule has 24 nitrogen and oxygen atoms in total. The molecule has 0 bridgehead atoms. The molecule has 2 aromatic heterocycles. The van der Waals surface area contributed by atoms with Gasteiger partial charge in [0.2, 0.25) is 0 Å². The van der Waals surface area contributed by atoms with Gasteiger partial charge >= 0.3 is 23.9 Å². The molecule has 2 N–H and O–H groups in total. The first-order valence-electron chi connectivity index (χ1n) is 32.2. The van der Waals surface area contributed by atoms with E-state index in [1.54, 1.807) is 46.0 Å². The van der Waals surface area contributed by atoms with Gasteiger partial charge in [-0.05, 0) is 111 Å². The van der Waals surface area contributed by atoms with Gasteiger partial charge in [0.1, 0.15) is 24.2 Å². The Morgan fingerprint density at radius 1 is 0.435 bits per heavy atom. The van der Waals surface area contributed by atoms with Crippen molar-refractivity contribution in [2.45, 2.75) is 207 Å². The van der Waals surface area contributed by atoms with Crippen LogP contribution in [0.3, 0.4) is 0 Å². The Balaban J connectivity index is 1.21. The number of carbonyl (C=O) groups is 10. The zero-order valence-corrected chi connectivity index (χ0v) is 55.8. The third-order valence-electron chi connectivity index (χ3n) is 16.7. The minimum absolute atomic E-state index is 0.0485. The van der Waals surface area contributed by atoms with Crippen molar-refractivity contribution in [3.63, 3.8) is 0 Å². The molecule has 24 heteroatoms. The summed E-state index contributed by atoms with van der Waals surface area (Å²) < 4.78 is 27.6. The van der Waals surface area contributed by atoms with E-state index in [0.717, 1.165) is 56.4 Å². The van der Waals surface area contributed by atoms with E-state index in [0.29, 0.717) is 35.3 Å². The molecule has 3 aliphatic rings. The van der Waals surface area contributed by atoms with E-state index in [1.807, 2.05) is 79.7 Å². The van der Waals surface area contributed by atoms with Gasteiger partial charge in [0, 0.05) is 65.5 Å². The maximum Gasteiger partial charge on any atom is 0.329 e. The lowest BCUT2D eigenvalue weighted by atomic mass is 9.99. The smallest absolute Gasteiger partial charge is 0.329 e. The van der Waals surface area contributed by atoms with Crippen LogP contribution in [0, 0.1) is 23.7 Å². The van der Waals surface area contributed by atoms with E-state index in [9.17, 15) is 38.4 Å². The second-order valence-electron chi connectivity index (χ2n) is 26.8. The summed E-state index contributed by atoms with van der Waals surface area (Å²) in [5.74, 6) is -8.24. The summed E-state index contributed by atoms with van der Waals surface area (Å²) in [7, 11) is 5.49. The largest absolute Gasteiger partial charge is 0.451 e. The monoisotopic (exact) mass is 1270 g/mol. The summed E-state index contributed by atoms with van der Waals surface area (Å²) in [6, 6.07) is 9.32. The Labute approximate surface area is 539 Å². The highest BCUT2D eigenvalue weighted by Crippen LogP contribution is 2.26. The summed E-state index contributed by atoms with van der Waals surface area (Å²) in [5.41, 5.74) is 3.59. The molecule has 1 saturated heterocycles. The predicted molar refractivity (Wildman–Crippen MR) is 339 cm³/mol. The first-order chi connectivity index (χ1) is 43.5. The molecule has 0 unspecified atom stereocenters. The van der Waals surface area contributed by atoms with Crippen molar-refractivity contribution in [2.24, 2.45) is 23.7 Å². The van der Waals surface area contributed by atoms with Crippen LogP contribution in [0.15, 0.2) is 73.3 Å². The average Bonchev–Trinajstić information content (AvgIpc) is 1.40. The van der Waals surface area contributed by atoms with Crippen LogP contribution in [0.2, 0.25) is 0 Å². The van der Waals surface area contributed by atoms with Crippen LogP contribution < -0.4 is 10.6 Å². The van der Waals surface area contributed by atoms with Gasteiger partial charge in [-0.3, -0.25) is 38.1 Å². The SMILES string of the molecule is CC(C)C[C@H]1C(=O)O[C@H](Cc2ccc(Cn3cc(C(=O)NC4CC4)cn3)cc2)C(=O)N(C)[C@@H](CC(C)C)C(=O)O[C@H](C)C(=O)N(C)[C@@H](CC(C)C)C(=O)O[C@H](Cc2ccc(Cn3cc(C(=O)NC4CC4)cn3)cc2)C(=O)N(C)[C@@H](CC(C)C)C(=O)O[C@H](C)C(=O)N1C. The molecular formula is C68H94N10O14. The number of ether oxygens (including phenoxy) is 4. The zero-order chi connectivity index (χ0) is 67.4. The molecule has 2 aliphatic carbocycles. The molecule has 92 heavy (non-hydrogen) atoms. The van der Waals surface area contributed by atoms with Gasteiger partial charge in [-0.15, -0.1) is 0 Å². The number of nitrogens with zero attached hydrogens (tertiary/aromatic N) is 8. The fourth-order valence-electron chi connectivity index (χ4n) is 11.0. The van der Waals surface area contributed by atoms with Crippen LogP contribution in [0.5, 0.6) is 0 Å². The maximum atomic E-state index is 15.1. The predicted octanol–water partition coefficient (Wildman–Crippen LogP) is 5.94. The van der Waals surface area contributed by atoms with Gasteiger partial charge in [0.05, 0.1) is 36.6 Å². The fraction of sp³-hybridized carbons (Fsp3) is 0.588. The Kier molecular flexibility index (Phi) is 24.5. The lowest BCUT2D eigenvalue weighted by Gasteiger charge is -2.35. The Hall–Kier alpha value is -8.44. The molecule has 8 atom stereocenters. The molecular weight excluding hydrogens is 1180 g/mol. The molecule has 2 saturated carbocycles. The summed E-state index contributed by atoms with van der Waals surface area (Å²) in [5, 5.41) is 14.6. The Morgan fingerprint density at radius 3 is 0.989 bits per heavy atom. The van der Waals surface area contributed by atoms with Gasteiger partial charge < -0.3 is 49.2 Å². The third kappa shape index (κ3) is 19.8. The summed E-state index contributed by atoms with van der Waals surface area (Å²) in [6.07, 6.45) is 3.69. The summed E-state index contributed by atoms with van der Waals surface area (Å²) in [6.45, 7) is 18.0. The van der Waals surface area contributed by atoms with Gasteiger partial charge in [0.15, 0.2) is 24.4 Å². The second kappa shape index (κ2) is 31.7. The maximum absolute atomic E-state index is 15.1. The quantitative estimate of drug-likeness (QED) is 0.0765. The minimum Gasteiger partial charge on any atom is -0.451 e. The van der Waals surface area contributed by atoms with Crippen molar-refractivity contribution in [3.8, 4) is 0 Å². The van der Waals surface area contributed by atoms with Crippen LogP contribution in [-0.4, -0.2) is 187 Å². The number of hydrogen-bond acceptors (Lipinski definition) is 16. The van der Waals surface area contributed by atoms with Crippen LogP contribution in [0.25, 0.3) is 0 Å². The number of amides is 6. The number of benzene rings is 2. The number of carbonyl (C=O) groups excluding carboxylic acids is 10. The highest BCUT2D eigenvalue weighted by molar-refractivity contribution is 5.96. The average molecular weight is 1280 g/mol. The first-order valence-corrected chi connectivity index (χ1v) is 32.2. The normalized spacial score (nSPS) is 23.2. The molecule has 0 radical (unpaired) electrons. The molecule has 500 valence electrons. The zero-order valence-electron chi connectivity index (χ0n) is 55.8. The van der Waals surface area contributed by atoms with Crippen molar-refractivity contribution in [2.75, 3.05) is 28.2 Å². The molecule has 7 rings (SSSR count).